The van der Waals surface area contributed by atoms with Crippen LogP contribution in [-0.4, -0.2) is 69.1 Å². The molecule has 4 rings (SSSR count). The monoisotopic (exact) mass is 409 g/mol. The summed E-state index contributed by atoms with van der Waals surface area (Å²) < 4.78 is 7.00. The quantitative estimate of drug-likeness (QED) is 0.653. The number of aromatic nitrogens is 5. The fourth-order valence-corrected chi connectivity index (χ4v) is 3.62. The van der Waals surface area contributed by atoms with Gasteiger partial charge in [-0.2, -0.15) is 4.68 Å². The van der Waals surface area contributed by atoms with Crippen molar-refractivity contribution >= 4 is 22.9 Å². The molecule has 0 saturated carbocycles. The molecule has 3 aromatic rings. The average Bonchev–Trinajstić information content (AvgIpc) is 3.17. The van der Waals surface area contributed by atoms with Gasteiger partial charge >= 0.3 is 0 Å². The molecule has 30 heavy (non-hydrogen) atoms. The van der Waals surface area contributed by atoms with Gasteiger partial charge in [-0.1, -0.05) is 32.1 Å². The summed E-state index contributed by atoms with van der Waals surface area (Å²) in [5.74, 6) is 1.69. The molecular formula is C21H27N7O2. The molecule has 158 valence electrons. The van der Waals surface area contributed by atoms with Crippen LogP contribution in [0.2, 0.25) is 0 Å². The highest BCUT2D eigenvalue weighted by Gasteiger charge is 2.27. The van der Waals surface area contributed by atoms with Crippen LogP contribution < -0.4 is 9.64 Å². The zero-order valence-electron chi connectivity index (χ0n) is 17.9. The molecule has 0 aliphatic carbocycles. The third-order valence-corrected chi connectivity index (χ3v) is 5.13. The van der Waals surface area contributed by atoms with Crippen LogP contribution in [-0.2, 0) is 4.79 Å². The van der Waals surface area contributed by atoms with Gasteiger partial charge in [0.1, 0.15) is 12.1 Å². The number of benzene rings is 1. The van der Waals surface area contributed by atoms with Crippen molar-refractivity contribution in [2.45, 2.75) is 27.2 Å². The lowest BCUT2D eigenvalue weighted by molar-refractivity contribution is -0.133. The van der Waals surface area contributed by atoms with Gasteiger partial charge in [0.2, 0.25) is 5.91 Å². The second-order valence-corrected chi connectivity index (χ2v) is 8.68. The summed E-state index contributed by atoms with van der Waals surface area (Å²) in [7, 11) is 1.63. The first-order valence-corrected chi connectivity index (χ1v) is 10.1. The number of hydrogen-bond donors (Lipinski definition) is 0. The third-order valence-electron chi connectivity index (χ3n) is 5.13. The molecule has 3 heterocycles. The molecule has 1 amide bonds. The summed E-state index contributed by atoms with van der Waals surface area (Å²) in [6.07, 6.45) is 2.09. The van der Waals surface area contributed by atoms with Crippen LogP contribution in [0, 0.1) is 5.41 Å². The van der Waals surface area contributed by atoms with Crippen molar-refractivity contribution in [1.82, 2.24) is 29.9 Å². The largest absolute Gasteiger partial charge is 0.497 e. The van der Waals surface area contributed by atoms with Gasteiger partial charge in [-0.25, -0.2) is 9.97 Å². The maximum atomic E-state index is 12.5. The summed E-state index contributed by atoms with van der Waals surface area (Å²) in [6, 6.07) is 7.59. The zero-order valence-corrected chi connectivity index (χ0v) is 17.9. The fourth-order valence-electron chi connectivity index (χ4n) is 3.62. The van der Waals surface area contributed by atoms with Gasteiger partial charge < -0.3 is 14.5 Å². The summed E-state index contributed by atoms with van der Waals surface area (Å²) in [5, 5.41) is 8.65. The number of rotatable bonds is 4. The van der Waals surface area contributed by atoms with Gasteiger partial charge in [0, 0.05) is 38.7 Å². The van der Waals surface area contributed by atoms with E-state index >= 15 is 0 Å². The summed E-state index contributed by atoms with van der Waals surface area (Å²) >= 11 is 0. The Labute approximate surface area is 175 Å². The van der Waals surface area contributed by atoms with Crippen molar-refractivity contribution in [1.29, 1.82) is 0 Å². The highest BCUT2D eigenvalue weighted by molar-refractivity contribution is 5.84. The third kappa shape index (κ3) is 4.05. The first-order chi connectivity index (χ1) is 14.4. The maximum absolute atomic E-state index is 12.5. The van der Waals surface area contributed by atoms with E-state index in [9.17, 15) is 4.79 Å². The van der Waals surface area contributed by atoms with Crippen LogP contribution in [0.4, 0.5) is 5.82 Å². The van der Waals surface area contributed by atoms with E-state index in [0.29, 0.717) is 43.8 Å². The van der Waals surface area contributed by atoms with E-state index in [-0.39, 0.29) is 11.3 Å². The molecule has 1 aliphatic rings. The maximum Gasteiger partial charge on any atom is 0.223 e. The number of carbonyl (C=O) groups is 1. The minimum atomic E-state index is -0.00828. The fraction of sp³-hybridized carbons (Fsp3) is 0.476. The van der Waals surface area contributed by atoms with Crippen molar-refractivity contribution < 1.29 is 9.53 Å². The lowest BCUT2D eigenvalue weighted by Gasteiger charge is -2.36. The van der Waals surface area contributed by atoms with E-state index in [1.54, 1.807) is 11.8 Å². The van der Waals surface area contributed by atoms with Gasteiger partial charge in [-0.3, -0.25) is 4.79 Å². The molecule has 2 aromatic heterocycles. The van der Waals surface area contributed by atoms with E-state index in [1.165, 1.54) is 6.33 Å². The molecular weight excluding hydrogens is 382 g/mol. The van der Waals surface area contributed by atoms with E-state index in [2.05, 4.69) is 46.0 Å². The molecule has 0 spiro atoms. The number of amides is 1. The van der Waals surface area contributed by atoms with Crippen molar-refractivity contribution in [2.75, 3.05) is 38.2 Å². The summed E-state index contributed by atoms with van der Waals surface area (Å²) in [6.45, 7) is 9.01. The number of piperazine rings is 1. The second kappa shape index (κ2) is 7.89. The highest BCUT2D eigenvalue weighted by Crippen LogP contribution is 2.26. The van der Waals surface area contributed by atoms with E-state index < -0.39 is 0 Å². The molecule has 1 fully saturated rings. The Bertz CT molecular complexity index is 1050. The number of methoxy groups -OCH3 is 1. The van der Waals surface area contributed by atoms with E-state index in [1.807, 2.05) is 29.2 Å². The second-order valence-electron chi connectivity index (χ2n) is 8.68. The molecule has 0 unspecified atom stereocenters. The molecule has 9 nitrogen and oxygen atoms in total. The lowest BCUT2D eigenvalue weighted by atomic mass is 9.91. The standard InChI is InChI=1S/C21H27N7O2/c1-21(2,3)13-17(29)26-8-10-27(11-9-26)19-18-20(23-14-22-19)28(25-24-18)15-6-5-7-16(12-15)30-4/h5-7,12,14H,8-11,13H2,1-4H3. The Morgan fingerprint density at radius 2 is 1.90 bits per heavy atom. The topological polar surface area (TPSA) is 89.3 Å². The van der Waals surface area contributed by atoms with Gasteiger partial charge in [0.05, 0.1) is 12.8 Å². The Balaban J connectivity index is 1.55. The molecule has 0 radical (unpaired) electrons. The van der Waals surface area contributed by atoms with Crippen molar-refractivity contribution in [2.24, 2.45) is 5.41 Å². The van der Waals surface area contributed by atoms with Gasteiger partial charge in [0.15, 0.2) is 17.0 Å². The molecule has 0 N–H and O–H groups in total. The smallest absolute Gasteiger partial charge is 0.223 e. The number of hydrogen-bond acceptors (Lipinski definition) is 7. The summed E-state index contributed by atoms with van der Waals surface area (Å²) in [4.78, 5) is 25.5. The predicted octanol–water partition coefficient (Wildman–Crippen LogP) is 2.30. The minimum Gasteiger partial charge on any atom is -0.497 e. The van der Waals surface area contributed by atoms with Crippen molar-refractivity contribution in [3.05, 3.63) is 30.6 Å². The van der Waals surface area contributed by atoms with Crippen LogP contribution in [0.15, 0.2) is 30.6 Å². The number of anilines is 1. The number of nitrogens with zero attached hydrogens (tertiary/aromatic N) is 7. The number of fused-ring (bicyclic) bond motifs is 1. The molecule has 9 heteroatoms. The molecule has 1 aromatic carbocycles. The van der Waals surface area contributed by atoms with Crippen LogP contribution in [0.5, 0.6) is 5.75 Å². The molecule has 0 atom stereocenters. The first-order valence-electron chi connectivity index (χ1n) is 10.1. The SMILES string of the molecule is COc1cccc(-n2nnc3c(N4CCN(C(=O)CC(C)(C)C)CC4)ncnc32)c1. The average molecular weight is 409 g/mol. The lowest BCUT2D eigenvalue weighted by Crippen LogP contribution is -2.49. The zero-order chi connectivity index (χ0) is 21.3. The Morgan fingerprint density at radius 3 is 2.60 bits per heavy atom. The van der Waals surface area contributed by atoms with Crippen molar-refractivity contribution in [3.8, 4) is 11.4 Å². The van der Waals surface area contributed by atoms with E-state index in [4.69, 9.17) is 4.74 Å². The Morgan fingerprint density at radius 1 is 1.13 bits per heavy atom. The van der Waals surface area contributed by atoms with Gasteiger partial charge in [-0.05, 0) is 17.5 Å². The molecule has 0 bridgehead atoms. The molecule has 1 saturated heterocycles. The van der Waals surface area contributed by atoms with Gasteiger partial charge in [-0.15, -0.1) is 5.10 Å². The van der Waals surface area contributed by atoms with Gasteiger partial charge in [0.25, 0.3) is 0 Å². The Kier molecular flexibility index (Phi) is 5.27. The minimum absolute atomic E-state index is 0.00828. The molecule has 1 aliphatic heterocycles. The number of carbonyl (C=O) groups excluding carboxylic acids is 1. The van der Waals surface area contributed by atoms with Crippen molar-refractivity contribution in [3.63, 3.8) is 0 Å². The van der Waals surface area contributed by atoms with Crippen LogP contribution >= 0.6 is 0 Å². The predicted molar refractivity (Wildman–Crippen MR) is 114 cm³/mol. The van der Waals surface area contributed by atoms with Crippen LogP contribution in [0.25, 0.3) is 16.9 Å². The van der Waals surface area contributed by atoms with Crippen LogP contribution in [0.3, 0.4) is 0 Å². The highest BCUT2D eigenvalue weighted by atomic mass is 16.5. The summed E-state index contributed by atoms with van der Waals surface area (Å²) in [5.41, 5.74) is 2.10. The first kappa shape index (κ1) is 20.1. The normalized spacial score (nSPS) is 14.9. The van der Waals surface area contributed by atoms with Crippen LogP contribution in [0.1, 0.15) is 27.2 Å². The van der Waals surface area contributed by atoms with E-state index in [0.717, 1.165) is 17.3 Å². The Hall–Kier alpha value is -3.23. The number of ether oxygens (including phenoxy) is 1.